The minimum absolute atomic E-state index is 0.0620. The average Bonchev–Trinajstić information content (AvgIpc) is 2.97. The van der Waals surface area contributed by atoms with Crippen molar-refractivity contribution in [3.8, 4) is 5.75 Å². The van der Waals surface area contributed by atoms with Crippen LogP contribution in [0.15, 0.2) is 28.7 Å². The average molecular weight is 373 g/mol. The van der Waals surface area contributed by atoms with Crippen molar-refractivity contribution in [2.24, 2.45) is 5.10 Å². The Morgan fingerprint density at radius 3 is 2.96 bits per heavy atom. The molecule has 10 heteroatoms. The molecule has 0 aliphatic heterocycles. The number of alkyl halides is 2. The van der Waals surface area contributed by atoms with Gasteiger partial charge in [-0.15, -0.1) is 11.3 Å². The van der Waals surface area contributed by atoms with Crippen LogP contribution < -0.4 is 10.2 Å². The first-order valence-corrected chi connectivity index (χ1v) is 7.99. The fraction of sp³-hybridized carbons (Fsp3) is 0.267. The van der Waals surface area contributed by atoms with E-state index < -0.39 is 18.2 Å². The number of rotatable bonds is 8. The molecule has 0 bridgehead atoms. The zero-order valence-electron chi connectivity index (χ0n) is 13.0. The third-order valence-corrected chi connectivity index (χ3v) is 3.52. The summed E-state index contributed by atoms with van der Waals surface area (Å²) in [6.07, 6.45) is 1.36. The Morgan fingerprint density at radius 2 is 2.28 bits per heavy atom. The minimum Gasteiger partial charge on any atom is -0.466 e. The van der Waals surface area contributed by atoms with Gasteiger partial charge in [-0.3, -0.25) is 10.2 Å². The van der Waals surface area contributed by atoms with Gasteiger partial charge in [0.1, 0.15) is 0 Å². The molecule has 0 amide bonds. The number of nitrogens with zero attached hydrogens (tertiary/aromatic N) is 2. The molecule has 6 nitrogen and oxygen atoms in total. The van der Waals surface area contributed by atoms with Crippen LogP contribution in [0.4, 0.5) is 18.3 Å². The van der Waals surface area contributed by atoms with Gasteiger partial charge in [0.25, 0.3) is 0 Å². The number of hydrogen-bond donors (Lipinski definition) is 1. The molecule has 1 heterocycles. The first-order chi connectivity index (χ1) is 12.0. The Bertz CT molecular complexity index is 753. The lowest BCUT2D eigenvalue weighted by Gasteiger charge is -2.05. The van der Waals surface area contributed by atoms with Crippen molar-refractivity contribution >= 4 is 28.7 Å². The molecule has 0 atom stereocenters. The van der Waals surface area contributed by atoms with Crippen LogP contribution in [0.5, 0.6) is 5.75 Å². The van der Waals surface area contributed by atoms with Crippen LogP contribution in [-0.4, -0.2) is 30.4 Å². The summed E-state index contributed by atoms with van der Waals surface area (Å²) < 4.78 is 46.5. The second-order valence-corrected chi connectivity index (χ2v) is 5.42. The number of hydrazone groups is 1. The van der Waals surface area contributed by atoms with Crippen LogP contribution in [0.3, 0.4) is 0 Å². The number of hydrogen-bond acceptors (Lipinski definition) is 7. The number of esters is 1. The van der Waals surface area contributed by atoms with E-state index in [2.05, 4.69) is 20.2 Å². The molecule has 0 radical (unpaired) electrons. The molecule has 1 N–H and O–H groups in total. The number of carbonyl (C=O) groups is 1. The minimum atomic E-state index is -3.09. The standard InChI is InChI=1S/C15H14F3N3O3S/c1-2-23-13(22)6-10-8-25-15(20-10)21-19-7-9-3-4-12(11(16)5-9)24-14(17)18/h3-5,7-8,14H,2,6H2,1H3,(H,20,21). The molecule has 1 aromatic heterocycles. The summed E-state index contributed by atoms with van der Waals surface area (Å²) in [6.45, 7) is -1.07. The van der Waals surface area contributed by atoms with Gasteiger partial charge in [-0.05, 0) is 30.7 Å². The molecule has 134 valence electrons. The molecule has 1 aromatic carbocycles. The summed E-state index contributed by atoms with van der Waals surface area (Å²) >= 11 is 1.24. The summed E-state index contributed by atoms with van der Waals surface area (Å²) in [5.74, 6) is -1.83. The summed E-state index contributed by atoms with van der Waals surface area (Å²) in [6, 6.07) is 3.47. The number of thiazole rings is 1. The lowest BCUT2D eigenvalue weighted by Crippen LogP contribution is -2.07. The zero-order chi connectivity index (χ0) is 18.2. The Kier molecular flexibility index (Phi) is 6.75. The van der Waals surface area contributed by atoms with Gasteiger partial charge < -0.3 is 9.47 Å². The number of anilines is 1. The number of benzene rings is 1. The molecule has 0 fully saturated rings. The predicted octanol–water partition coefficient (Wildman–Crippen LogP) is 3.44. The van der Waals surface area contributed by atoms with Crippen LogP contribution >= 0.6 is 11.3 Å². The van der Waals surface area contributed by atoms with E-state index in [-0.39, 0.29) is 12.4 Å². The number of halogens is 3. The number of nitrogens with one attached hydrogen (secondary N) is 1. The Morgan fingerprint density at radius 1 is 1.48 bits per heavy atom. The molecular weight excluding hydrogens is 359 g/mol. The smallest absolute Gasteiger partial charge is 0.387 e. The highest BCUT2D eigenvalue weighted by molar-refractivity contribution is 7.13. The van der Waals surface area contributed by atoms with E-state index in [0.29, 0.717) is 23.0 Å². The van der Waals surface area contributed by atoms with Gasteiger partial charge in [-0.1, -0.05) is 0 Å². The molecule has 0 spiro atoms. The van der Waals surface area contributed by atoms with E-state index >= 15 is 0 Å². The SMILES string of the molecule is CCOC(=O)Cc1csc(NN=Cc2ccc(OC(F)F)c(F)c2)n1. The Balaban J connectivity index is 1.91. The van der Waals surface area contributed by atoms with Crippen LogP contribution in [-0.2, 0) is 16.0 Å². The van der Waals surface area contributed by atoms with Crippen molar-refractivity contribution in [2.75, 3.05) is 12.0 Å². The zero-order valence-corrected chi connectivity index (χ0v) is 13.9. The highest BCUT2D eigenvalue weighted by Crippen LogP contribution is 2.20. The Labute approximate surface area is 145 Å². The summed E-state index contributed by atoms with van der Waals surface area (Å²) in [5, 5.41) is 6.00. The van der Waals surface area contributed by atoms with Crippen molar-refractivity contribution in [3.63, 3.8) is 0 Å². The maximum Gasteiger partial charge on any atom is 0.387 e. The van der Waals surface area contributed by atoms with Crippen molar-refractivity contribution in [1.82, 2.24) is 4.98 Å². The normalized spacial score (nSPS) is 11.1. The highest BCUT2D eigenvalue weighted by atomic mass is 32.1. The molecule has 0 saturated heterocycles. The largest absolute Gasteiger partial charge is 0.466 e. The highest BCUT2D eigenvalue weighted by Gasteiger charge is 2.10. The second kappa shape index (κ2) is 9.02. The third kappa shape index (κ3) is 6.07. The quantitative estimate of drug-likeness (QED) is 0.436. The molecule has 2 aromatic rings. The van der Waals surface area contributed by atoms with Gasteiger partial charge in [0, 0.05) is 5.38 Å². The van der Waals surface area contributed by atoms with E-state index in [1.54, 1.807) is 12.3 Å². The fourth-order valence-electron chi connectivity index (χ4n) is 1.75. The van der Waals surface area contributed by atoms with Gasteiger partial charge in [0.05, 0.1) is 24.9 Å². The molecule has 0 saturated carbocycles. The summed E-state index contributed by atoms with van der Waals surface area (Å²) in [5.41, 5.74) is 3.52. The van der Waals surface area contributed by atoms with Crippen LogP contribution in [0, 0.1) is 5.82 Å². The molecule has 0 aliphatic carbocycles. The third-order valence-electron chi connectivity index (χ3n) is 2.73. The second-order valence-electron chi connectivity index (χ2n) is 4.56. The van der Waals surface area contributed by atoms with Gasteiger partial charge in [0.15, 0.2) is 11.6 Å². The lowest BCUT2D eigenvalue weighted by molar-refractivity contribution is -0.142. The van der Waals surface area contributed by atoms with Crippen molar-refractivity contribution in [2.45, 2.75) is 20.0 Å². The molecule has 2 rings (SSSR count). The van der Waals surface area contributed by atoms with Crippen molar-refractivity contribution in [3.05, 3.63) is 40.7 Å². The monoisotopic (exact) mass is 373 g/mol. The first-order valence-electron chi connectivity index (χ1n) is 7.11. The topological polar surface area (TPSA) is 72.8 Å². The molecule has 0 aliphatic rings. The predicted molar refractivity (Wildman–Crippen MR) is 86.7 cm³/mol. The van der Waals surface area contributed by atoms with Crippen molar-refractivity contribution < 1.29 is 27.4 Å². The maximum absolute atomic E-state index is 13.6. The van der Waals surface area contributed by atoms with E-state index in [4.69, 9.17) is 4.74 Å². The van der Waals surface area contributed by atoms with Crippen molar-refractivity contribution in [1.29, 1.82) is 0 Å². The van der Waals surface area contributed by atoms with Gasteiger partial charge in [-0.2, -0.15) is 13.9 Å². The van der Waals surface area contributed by atoms with Crippen LogP contribution in [0.25, 0.3) is 0 Å². The number of carbonyl (C=O) groups excluding carboxylic acids is 1. The molecular formula is C15H14F3N3O3S. The van der Waals surface area contributed by atoms with E-state index in [1.807, 2.05) is 0 Å². The van der Waals surface area contributed by atoms with Gasteiger partial charge in [-0.25, -0.2) is 9.37 Å². The maximum atomic E-state index is 13.6. The first kappa shape index (κ1) is 18.7. The number of aromatic nitrogens is 1. The lowest BCUT2D eigenvalue weighted by atomic mass is 10.2. The van der Waals surface area contributed by atoms with Gasteiger partial charge >= 0.3 is 12.6 Å². The molecule has 25 heavy (non-hydrogen) atoms. The summed E-state index contributed by atoms with van der Waals surface area (Å²) in [7, 11) is 0. The summed E-state index contributed by atoms with van der Waals surface area (Å²) in [4.78, 5) is 15.5. The van der Waals surface area contributed by atoms with Gasteiger partial charge in [0.2, 0.25) is 5.13 Å². The van der Waals surface area contributed by atoms with E-state index in [0.717, 1.165) is 12.1 Å². The van der Waals surface area contributed by atoms with E-state index in [9.17, 15) is 18.0 Å². The Hall–Kier alpha value is -2.62. The van der Waals surface area contributed by atoms with Crippen LogP contribution in [0.1, 0.15) is 18.2 Å². The molecule has 0 unspecified atom stereocenters. The number of ether oxygens (including phenoxy) is 2. The van der Waals surface area contributed by atoms with E-state index in [1.165, 1.54) is 23.6 Å². The van der Waals surface area contributed by atoms with Crippen LogP contribution in [0.2, 0.25) is 0 Å². The fourth-order valence-corrected chi connectivity index (χ4v) is 2.41.